The van der Waals surface area contributed by atoms with Gasteiger partial charge in [-0.3, -0.25) is 0 Å². The van der Waals surface area contributed by atoms with Gasteiger partial charge in [0.05, 0.1) is 0 Å². The Balaban J connectivity index is 1.76. The standard InChI is InChI=1S/C13H16N4O2S2/c1-9-14-15-12-7-10-4-5-11(8-16(9)12)17(10)21(18,19)13-3-2-6-20-13/h2-3,6,10-11H,4-5,7-8H2,1H3/t10-,11+/m0/s1. The molecular weight excluding hydrogens is 308 g/mol. The molecule has 21 heavy (non-hydrogen) atoms. The van der Waals surface area contributed by atoms with Crippen molar-refractivity contribution in [2.24, 2.45) is 0 Å². The molecule has 0 aliphatic carbocycles. The molecule has 2 aliphatic heterocycles. The van der Waals surface area contributed by atoms with Gasteiger partial charge in [0.15, 0.2) is 0 Å². The lowest BCUT2D eigenvalue weighted by Crippen LogP contribution is -2.41. The minimum atomic E-state index is -3.40. The summed E-state index contributed by atoms with van der Waals surface area (Å²) in [4.78, 5) is 0. The van der Waals surface area contributed by atoms with E-state index in [4.69, 9.17) is 0 Å². The zero-order chi connectivity index (χ0) is 14.6. The number of sulfonamides is 1. The largest absolute Gasteiger partial charge is 0.314 e. The Bertz CT molecular complexity index is 766. The van der Waals surface area contributed by atoms with Crippen LogP contribution in [0.1, 0.15) is 24.5 Å². The van der Waals surface area contributed by atoms with E-state index >= 15 is 0 Å². The van der Waals surface area contributed by atoms with E-state index in [0.29, 0.717) is 17.2 Å². The van der Waals surface area contributed by atoms with Gasteiger partial charge in [-0.15, -0.1) is 21.5 Å². The molecule has 2 bridgehead atoms. The van der Waals surface area contributed by atoms with E-state index in [0.717, 1.165) is 24.5 Å². The Kier molecular flexibility index (Phi) is 2.95. The van der Waals surface area contributed by atoms with E-state index in [1.165, 1.54) is 11.3 Å². The summed E-state index contributed by atoms with van der Waals surface area (Å²) < 4.78 is 30.1. The fraction of sp³-hybridized carbons (Fsp3) is 0.538. The summed E-state index contributed by atoms with van der Waals surface area (Å²) in [5.74, 6) is 1.78. The van der Waals surface area contributed by atoms with Gasteiger partial charge in [-0.1, -0.05) is 6.07 Å². The lowest BCUT2D eigenvalue weighted by atomic mass is 10.1. The average molecular weight is 324 g/mol. The SMILES string of the molecule is Cc1nnc2n1C[C@H]1CC[C@@H](C2)N1S(=O)(=O)c1cccs1. The number of hydrogen-bond acceptors (Lipinski definition) is 5. The van der Waals surface area contributed by atoms with Crippen LogP contribution in [-0.4, -0.2) is 39.6 Å². The van der Waals surface area contributed by atoms with Crippen molar-refractivity contribution in [2.75, 3.05) is 0 Å². The monoisotopic (exact) mass is 324 g/mol. The van der Waals surface area contributed by atoms with Crippen molar-refractivity contribution in [3.05, 3.63) is 29.2 Å². The number of aromatic nitrogens is 3. The first-order chi connectivity index (χ1) is 10.1. The number of aryl methyl sites for hydroxylation is 1. The maximum atomic E-state index is 12.9. The van der Waals surface area contributed by atoms with Crippen LogP contribution in [0.4, 0.5) is 0 Å². The van der Waals surface area contributed by atoms with Crippen LogP contribution in [-0.2, 0) is 23.0 Å². The molecule has 0 unspecified atom stereocenters. The van der Waals surface area contributed by atoms with Crippen LogP contribution in [0.25, 0.3) is 0 Å². The summed E-state index contributed by atoms with van der Waals surface area (Å²) in [6, 6.07) is 3.50. The predicted molar refractivity (Wildman–Crippen MR) is 78.6 cm³/mol. The molecule has 2 aromatic heterocycles. The van der Waals surface area contributed by atoms with Crippen LogP contribution >= 0.6 is 11.3 Å². The molecule has 0 saturated carbocycles. The molecule has 2 aromatic rings. The first kappa shape index (κ1) is 13.4. The van der Waals surface area contributed by atoms with Crippen molar-refractivity contribution in [1.82, 2.24) is 19.1 Å². The van der Waals surface area contributed by atoms with Gasteiger partial charge in [0.1, 0.15) is 15.9 Å². The maximum Gasteiger partial charge on any atom is 0.253 e. The van der Waals surface area contributed by atoms with Gasteiger partial charge >= 0.3 is 0 Å². The molecule has 2 aliphatic rings. The molecule has 0 aromatic carbocycles. The summed E-state index contributed by atoms with van der Waals surface area (Å²) in [5.41, 5.74) is 0. The van der Waals surface area contributed by atoms with E-state index in [9.17, 15) is 8.42 Å². The Morgan fingerprint density at radius 1 is 1.29 bits per heavy atom. The number of fused-ring (bicyclic) bond motifs is 3. The second-order valence-electron chi connectivity index (χ2n) is 5.63. The minimum absolute atomic E-state index is 0.00644. The second-order valence-corrected chi connectivity index (χ2v) is 8.65. The number of thiophene rings is 1. The molecule has 4 rings (SSSR count). The van der Waals surface area contributed by atoms with Crippen molar-refractivity contribution in [3.8, 4) is 0 Å². The summed E-state index contributed by atoms with van der Waals surface area (Å²) in [6.07, 6.45) is 2.47. The molecule has 6 nitrogen and oxygen atoms in total. The van der Waals surface area contributed by atoms with Crippen LogP contribution in [0.2, 0.25) is 0 Å². The maximum absolute atomic E-state index is 12.9. The molecule has 2 atom stereocenters. The molecule has 4 heterocycles. The van der Waals surface area contributed by atoms with Gasteiger partial charge in [0, 0.05) is 25.0 Å². The molecule has 1 fully saturated rings. The van der Waals surface area contributed by atoms with Gasteiger partial charge in [-0.25, -0.2) is 8.42 Å². The normalized spacial score (nSPS) is 25.8. The third kappa shape index (κ3) is 1.96. The molecule has 8 heteroatoms. The quantitative estimate of drug-likeness (QED) is 0.838. The van der Waals surface area contributed by atoms with Crippen molar-refractivity contribution in [1.29, 1.82) is 0 Å². The number of rotatable bonds is 2. The van der Waals surface area contributed by atoms with Crippen LogP contribution in [0.5, 0.6) is 0 Å². The molecule has 0 N–H and O–H groups in total. The van der Waals surface area contributed by atoms with Gasteiger partial charge in [-0.05, 0) is 31.2 Å². The highest BCUT2D eigenvalue weighted by atomic mass is 32.2. The molecule has 112 valence electrons. The smallest absolute Gasteiger partial charge is 0.253 e. The third-order valence-electron chi connectivity index (χ3n) is 4.40. The van der Waals surface area contributed by atoms with Crippen molar-refractivity contribution >= 4 is 21.4 Å². The van der Waals surface area contributed by atoms with Gasteiger partial charge in [0.2, 0.25) is 0 Å². The zero-order valence-corrected chi connectivity index (χ0v) is 13.3. The Morgan fingerprint density at radius 2 is 2.10 bits per heavy atom. The van der Waals surface area contributed by atoms with Crippen LogP contribution in [0.15, 0.2) is 21.7 Å². The van der Waals surface area contributed by atoms with Crippen LogP contribution in [0.3, 0.4) is 0 Å². The topological polar surface area (TPSA) is 68.1 Å². The van der Waals surface area contributed by atoms with Gasteiger partial charge in [-0.2, -0.15) is 4.31 Å². The van der Waals surface area contributed by atoms with Crippen molar-refractivity contribution in [2.45, 2.75) is 49.0 Å². The van der Waals surface area contributed by atoms with E-state index in [1.54, 1.807) is 16.4 Å². The highest BCUT2D eigenvalue weighted by molar-refractivity contribution is 7.91. The van der Waals surface area contributed by atoms with Crippen molar-refractivity contribution < 1.29 is 8.42 Å². The Hall–Kier alpha value is -1.25. The lowest BCUT2D eigenvalue weighted by Gasteiger charge is -2.26. The van der Waals surface area contributed by atoms with Gasteiger partial charge in [0.25, 0.3) is 10.0 Å². The minimum Gasteiger partial charge on any atom is -0.314 e. The fourth-order valence-corrected chi connectivity index (χ4v) is 6.40. The molecular formula is C13H16N4O2S2. The first-order valence-corrected chi connectivity index (χ1v) is 9.35. The second kappa shape index (κ2) is 4.62. The van der Waals surface area contributed by atoms with Crippen LogP contribution in [0, 0.1) is 6.92 Å². The Labute approximate surface area is 127 Å². The summed E-state index contributed by atoms with van der Waals surface area (Å²) in [5, 5.41) is 10.1. The average Bonchev–Trinajstić information content (AvgIpc) is 3.11. The highest BCUT2D eigenvalue weighted by Crippen LogP contribution is 2.37. The number of nitrogens with zero attached hydrogens (tertiary/aromatic N) is 4. The summed E-state index contributed by atoms with van der Waals surface area (Å²) >= 11 is 1.29. The highest BCUT2D eigenvalue weighted by Gasteiger charge is 2.45. The fourth-order valence-electron chi connectivity index (χ4n) is 3.44. The Morgan fingerprint density at radius 3 is 2.86 bits per heavy atom. The van der Waals surface area contributed by atoms with Crippen LogP contribution < -0.4 is 0 Å². The van der Waals surface area contributed by atoms with E-state index in [-0.39, 0.29) is 12.1 Å². The van der Waals surface area contributed by atoms with E-state index < -0.39 is 10.0 Å². The molecule has 1 saturated heterocycles. The van der Waals surface area contributed by atoms with E-state index in [2.05, 4.69) is 14.8 Å². The third-order valence-corrected chi connectivity index (χ3v) is 7.78. The predicted octanol–water partition coefficient (Wildman–Crippen LogP) is 1.43. The molecule has 0 radical (unpaired) electrons. The summed E-state index contributed by atoms with van der Waals surface area (Å²) in [6.45, 7) is 2.59. The first-order valence-electron chi connectivity index (χ1n) is 7.03. The number of hydrogen-bond donors (Lipinski definition) is 0. The zero-order valence-electron chi connectivity index (χ0n) is 11.6. The molecule has 0 spiro atoms. The molecule has 0 amide bonds. The lowest BCUT2D eigenvalue weighted by molar-refractivity contribution is 0.315. The van der Waals surface area contributed by atoms with Gasteiger partial charge < -0.3 is 4.57 Å². The van der Waals surface area contributed by atoms with E-state index in [1.807, 2.05) is 12.3 Å². The summed E-state index contributed by atoms with van der Waals surface area (Å²) in [7, 11) is -3.40. The van der Waals surface area contributed by atoms with Crippen molar-refractivity contribution in [3.63, 3.8) is 0 Å².